The number of rotatable bonds is 4. The van der Waals surface area contributed by atoms with Crippen molar-refractivity contribution in [1.82, 2.24) is 5.32 Å². The summed E-state index contributed by atoms with van der Waals surface area (Å²) >= 11 is 0.832. The predicted molar refractivity (Wildman–Crippen MR) is 70.6 cm³/mol. The number of carbonyl (C=O) groups excluding carboxylic acids is 3. The first-order chi connectivity index (χ1) is 9.45. The average Bonchev–Trinajstić information content (AvgIpc) is 2.70. The van der Waals surface area contributed by atoms with Gasteiger partial charge in [-0.25, -0.2) is 0 Å². The number of thioether (sulfide) groups is 1. The number of carboxylic acid groups (broad SMARTS) is 1. The van der Waals surface area contributed by atoms with E-state index in [-0.39, 0.29) is 0 Å². The molecule has 0 aliphatic carbocycles. The smallest absolute Gasteiger partial charge is 0.290 e. The van der Waals surface area contributed by atoms with Gasteiger partial charge in [0.05, 0.1) is 10.9 Å². The number of ether oxygens (including phenoxy) is 1. The predicted octanol–water partition coefficient (Wildman–Crippen LogP) is 0.528. The molecule has 0 spiro atoms. The molecule has 20 heavy (non-hydrogen) atoms. The summed E-state index contributed by atoms with van der Waals surface area (Å²) in [5.74, 6) is -1.34. The highest BCUT2D eigenvalue weighted by Gasteiger charge is 2.24. The van der Waals surface area contributed by atoms with Crippen molar-refractivity contribution < 1.29 is 24.2 Å². The second-order valence-electron chi connectivity index (χ2n) is 4.00. The van der Waals surface area contributed by atoms with E-state index in [9.17, 15) is 19.5 Å². The van der Waals surface area contributed by atoms with Crippen LogP contribution in [0.2, 0.25) is 0 Å². The SMILES string of the molecule is C[C@@H](Oc1ccc(/C=C2/SC(=O)NC2=O)cc1)C(=O)[O-]. The molecule has 1 aliphatic heterocycles. The Morgan fingerprint density at radius 3 is 2.50 bits per heavy atom. The Bertz CT molecular complexity index is 593. The molecule has 2 amide bonds. The van der Waals surface area contributed by atoms with E-state index < -0.39 is 23.2 Å². The minimum Gasteiger partial charge on any atom is -0.546 e. The number of imide groups is 1. The molecule has 1 aromatic carbocycles. The van der Waals surface area contributed by atoms with Crippen molar-refractivity contribution in [3.8, 4) is 5.75 Å². The number of carboxylic acids is 1. The summed E-state index contributed by atoms with van der Waals surface area (Å²) in [5, 5.41) is 12.3. The molecule has 1 saturated heterocycles. The lowest BCUT2D eigenvalue weighted by Crippen LogP contribution is -2.37. The Kier molecular flexibility index (Phi) is 4.09. The second-order valence-corrected chi connectivity index (χ2v) is 5.02. The van der Waals surface area contributed by atoms with Crippen LogP contribution in [0.3, 0.4) is 0 Å². The Hall–Kier alpha value is -2.28. The third kappa shape index (κ3) is 3.39. The highest BCUT2D eigenvalue weighted by Crippen LogP contribution is 2.26. The Morgan fingerprint density at radius 1 is 1.35 bits per heavy atom. The van der Waals surface area contributed by atoms with Gasteiger partial charge in [-0.15, -0.1) is 0 Å². The Morgan fingerprint density at radius 2 is 2.00 bits per heavy atom. The van der Waals surface area contributed by atoms with Gasteiger partial charge in [-0.3, -0.25) is 14.9 Å². The molecule has 1 heterocycles. The van der Waals surface area contributed by atoms with Gasteiger partial charge in [-0.1, -0.05) is 12.1 Å². The van der Waals surface area contributed by atoms with Crippen LogP contribution in [0.4, 0.5) is 4.79 Å². The van der Waals surface area contributed by atoms with Crippen molar-refractivity contribution in [2.75, 3.05) is 0 Å². The Balaban J connectivity index is 2.09. The van der Waals surface area contributed by atoms with Gasteiger partial charge in [0, 0.05) is 0 Å². The van der Waals surface area contributed by atoms with Crippen molar-refractivity contribution in [2.45, 2.75) is 13.0 Å². The van der Waals surface area contributed by atoms with Gasteiger partial charge in [0.25, 0.3) is 11.1 Å². The zero-order valence-electron chi connectivity index (χ0n) is 10.4. The molecular formula is C13H10NO5S-. The average molecular weight is 292 g/mol. The third-order valence-corrected chi connectivity index (χ3v) is 3.28. The van der Waals surface area contributed by atoms with E-state index in [1.807, 2.05) is 0 Å². The molecular weight excluding hydrogens is 282 g/mol. The Labute approximate surface area is 118 Å². The molecule has 0 bridgehead atoms. The van der Waals surface area contributed by atoms with Crippen molar-refractivity contribution in [1.29, 1.82) is 0 Å². The molecule has 7 heteroatoms. The van der Waals surface area contributed by atoms with Gasteiger partial charge in [-0.05, 0) is 42.5 Å². The van der Waals surface area contributed by atoms with Gasteiger partial charge in [0.1, 0.15) is 11.9 Å². The van der Waals surface area contributed by atoms with Gasteiger partial charge in [0.2, 0.25) is 0 Å². The topological polar surface area (TPSA) is 95.5 Å². The van der Waals surface area contributed by atoms with Crippen LogP contribution < -0.4 is 15.2 Å². The first kappa shape index (κ1) is 14.1. The number of nitrogens with one attached hydrogen (secondary N) is 1. The normalized spacial score (nSPS) is 17.9. The summed E-state index contributed by atoms with van der Waals surface area (Å²) in [6.45, 7) is 1.37. The summed E-state index contributed by atoms with van der Waals surface area (Å²) in [6.07, 6.45) is 0.518. The number of hydrogen-bond donors (Lipinski definition) is 1. The van der Waals surface area contributed by atoms with Crippen molar-refractivity contribution in [2.24, 2.45) is 0 Å². The van der Waals surface area contributed by atoms with Crippen LogP contribution >= 0.6 is 11.8 Å². The highest BCUT2D eigenvalue weighted by molar-refractivity contribution is 8.18. The van der Waals surface area contributed by atoms with Gasteiger partial charge < -0.3 is 14.6 Å². The quantitative estimate of drug-likeness (QED) is 0.813. The van der Waals surface area contributed by atoms with Gasteiger partial charge in [0.15, 0.2) is 0 Å². The maximum absolute atomic E-state index is 11.4. The number of hydrogen-bond acceptors (Lipinski definition) is 6. The molecule has 0 unspecified atom stereocenters. The number of amides is 2. The monoisotopic (exact) mass is 292 g/mol. The van der Waals surface area contributed by atoms with Crippen molar-refractivity contribution >= 4 is 35.0 Å². The van der Waals surface area contributed by atoms with Crippen molar-refractivity contribution in [3.05, 3.63) is 34.7 Å². The minimum atomic E-state index is -1.30. The van der Waals surface area contributed by atoms with E-state index in [1.54, 1.807) is 30.3 Å². The van der Waals surface area contributed by atoms with Crippen LogP contribution in [0.15, 0.2) is 29.2 Å². The number of carbonyl (C=O) groups is 3. The second kappa shape index (κ2) is 5.79. The molecule has 0 saturated carbocycles. The maximum Gasteiger partial charge on any atom is 0.290 e. The van der Waals surface area contributed by atoms with Crippen LogP contribution in [-0.2, 0) is 9.59 Å². The van der Waals surface area contributed by atoms with E-state index in [0.717, 1.165) is 11.8 Å². The molecule has 6 nitrogen and oxygen atoms in total. The zero-order chi connectivity index (χ0) is 14.7. The lowest BCUT2D eigenvalue weighted by molar-refractivity contribution is -0.312. The molecule has 1 aliphatic rings. The summed E-state index contributed by atoms with van der Waals surface area (Å²) in [4.78, 5) is 33.2. The van der Waals surface area contributed by atoms with E-state index in [4.69, 9.17) is 4.74 Å². The van der Waals surface area contributed by atoms with Gasteiger partial charge >= 0.3 is 0 Å². The first-order valence-electron chi connectivity index (χ1n) is 5.68. The van der Waals surface area contributed by atoms with Crippen LogP contribution in [0.1, 0.15) is 12.5 Å². The van der Waals surface area contributed by atoms with Gasteiger partial charge in [-0.2, -0.15) is 0 Å². The third-order valence-electron chi connectivity index (χ3n) is 2.46. The summed E-state index contributed by atoms with van der Waals surface area (Å²) in [6, 6.07) is 6.46. The largest absolute Gasteiger partial charge is 0.546 e. The van der Waals surface area contributed by atoms with E-state index >= 15 is 0 Å². The van der Waals surface area contributed by atoms with Crippen LogP contribution in [0.25, 0.3) is 6.08 Å². The van der Waals surface area contributed by atoms with E-state index in [1.165, 1.54) is 6.92 Å². The molecule has 0 aromatic heterocycles. The fraction of sp³-hybridized carbons (Fsp3) is 0.154. The summed E-state index contributed by atoms with van der Waals surface area (Å²) in [5.41, 5.74) is 0.700. The van der Waals surface area contributed by atoms with E-state index in [2.05, 4.69) is 5.32 Å². The van der Waals surface area contributed by atoms with Crippen molar-refractivity contribution in [3.63, 3.8) is 0 Å². The first-order valence-corrected chi connectivity index (χ1v) is 6.50. The highest BCUT2D eigenvalue weighted by atomic mass is 32.2. The molecule has 1 atom stereocenters. The lowest BCUT2D eigenvalue weighted by Gasteiger charge is -2.15. The molecule has 104 valence electrons. The number of aliphatic carboxylic acids is 1. The minimum absolute atomic E-state index is 0.312. The molecule has 2 rings (SSSR count). The van der Waals surface area contributed by atoms with Crippen LogP contribution in [-0.4, -0.2) is 23.2 Å². The lowest BCUT2D eigenvalue weighted by atomic mass is 10.2. The summed E-state index contributed by atoms with van der Waals surface area (Å²) in [7, 11) is 0. The molecule has 1 aromatic rings. The zero-order valence-corrected chi connectivity index (χ0v) is 11.2. The molecule has 1 fully saturated rings. The van der Waals surface area contributed by atoms with Crippen LogP contribution in [0, 0.1) is 0 Å². The number of benzene rings is 1. The maximum atomic E-state index is 11.4. The fourth-order valence-electron chi connectivity index (χ4n) is 1.47. The fourth-order valence-corrected chi connectivity index (χ4v) is 2.15. The standard InChI is InChI=1S/C13H11NO5S/c1-7(12(16)17)19-9-4-2-8(3-5-9)6-10-11(15)14-13(18)20-10/h2-7H,1H3,(H,16,17)(H,14,15,18)/p-1/b10-6+/t7-/m1/s1. The molecule has 1 N–H and O–H groups in total. The summed E-state index contributed by atoms with van der Waals surface area (Å²) < 4.78 is 5.12. The molecule has 0 radical (unpaired) electrons. The van der Waals surface area contributed by atoms with E-state index in [0.29, 0.717) is 16.2 Å². The van der Waals surface area contributed by atoms with Crippen LogP contribution in [0.5, 0.6) is 5.75 Å².